The van der Waals surface area contributed by atoms with Gasteiger partial charge in [0, 0.05) is 43.0 Å². The minimum Gasteiger partial charge on any atom is -0.289 e. The molecule has 0 N–H and O–H groups in total. The monoisotopic (exact) mass is 595 g/mol. The van der Waals surface area contributed by atoms with E-state index in [1.807, 2.05) is 0 Å². The molecule has 1 aliphatic heterocycles. The van der Waals surface area contributed by atoms with Crippen molar-refractivity contribution in [3.05, 3.63) is 81.8 Å². The van der Waals surface area contributed by atoms with Crippen LogP contribution in [-0.2, 0) is 31.9 Å². The second kappa shape index (κ2) is 7.26. The summed E-state index contributed by atoms with van der Waals surface area (Å²) < 4.78 is 0. The molecule has 0 saturated heterocycles. The Kier molecular flexibility index (Phi) is 5.17. The first kappa shape index (κ1) is 20.7. The summed E-state index contributed by atoms with van der Waals surface area (Å²) in [6, 6.07) is 19.9. The molecule has 0 saturated carbocycles. The minimum absolute atomic E-state index is 0. The van der Waals surface area contributed by atoms with Crippen molar-refractivity contribution in [2.24, 2.45) is 0 Å². The zero-order valence-corrected chi connectivity index (χ0v) is 20.6. The molecule has 1 aliphatic rings. The van der Waals surface area contributed by atoms with E-state index in [-0.39, 0.29) is 31.9 Å². The maximum Gasteiger partial charge on any atom is 2.00 e. The fraction of sp³-hybridized carbons (Fsp3) is 0.250. The Morgan fingerprint density at radius 3 is 1.52 bits per heavy atom. The number of benzene rings is 2. The zero-order chi connectivity index (χ0) is 19.5. The van der Waals surface area contributed by atoms with Crippen LogP contribution in [0, 0.1) is 12.1 Å². The maximum atomic E-state index is 5.00. The summed E-state index contributed by atoms with van der Waals surface area (Å²) in [5, 5.41) is 6.35. The van der Waals surface area contributed by atoms with Gasteiger partial charge in [-0.2, -0.15) is 22.7 Å². The van der Waals surface area contributed by atoms with Crippen molar-refractivity contribution < 1.29 is 21.1 Å². The Balaban J connectivity index is 0.00000205. The van der Waals surface area contributed by atoms with Gasteiger partial charge >= 0.3 is 21.1 Å². The van der Waals surface area contributed by atoms with Gasteiger partial charge in [0.05, 0.1) is 0 Å². The predicted molar refractivity (Wildman–Crippen MR) is 117 cm³/mol. The van der Waals surface area contributed by atoms with E-state index < -0.39 is 0 Å². The van der Waals surface area contributed by atoms with Gasteiger partial charge in [-0.3, -0.25) is 9.97 Å². The molecule has 0 spiro atoms. The average molecular weight is 596 g/mol. The number of hydrogen-bond donors (Lipinski definition) is 0. The maximum absolute atomic E-state index is 5.00. The van der Waals surface area contributed by atoms with Crippen LogP contribution in [0.1, 0.15) is 50.2 Å². The molecule has 0 aliphatic carbocycles. The van der Waals surface area contributed by atoms with Crippen molar-refractivity contribution in [3.63, 3.8) is 0 Å². The third-order valence-corrected chi connectivity index (χ3v) is 7.44. The Hall–Kier alpha value is -1.61. The van der Waals surface area contributed by atoms with E-state index in [0.29, 0.717) is 0 Å². The first-order chi connectivity index (χ1) is 13.4. The van der Waals surface area contributed by atoms with Crippen LogP contribution in [0.2, 0.25) is 0 Å². The normalized spacial score (nSPS) is 15.9. The summed E-state index contributed by atoms with van der Waals surface area (Å²) in [6.07, 6.45) is 0. The van der Waals surface area contributed by atoms with Crippen molar-refractivity contribution in [1.82, 2.24) is 9.97 Å². The van der Waals surface area contributed by atoms with Crippen LogP contribution in [0.3, 0.4) is 0 Å². The van der Waals surface area contributed by atoms with Gasteiger partial charge in [0.2, 0.25) is 0 Å². The van der Waals surface area contributed by atoms with E-state index in [1.54, 1.807) is 22.7 Å². The second-order valence-corrected chi connectivity index (χ2v) is 10.00. The van der Waals surface area contributed by atoms with Gasteiger partial charge in [-0.1, -0.05) is 27.7 Å². The standard InChI is InChI=1S/C24H20N2S2.Pt/c1-23(2)17-9-5-7-15(11-17)22-26-20(14-28-22)24(3,4)18-10-6-8-16(12-18)21-25-19(23)13-27-21;/h5-10,13-14H,1-4H3;/q-2;+2. The Morgan fingerprint density at radius 1 is 0.690 bits per heavy atom. The van der Waals surface area contributed by atoms with Gasteiger partial charge < -0.3 is 0 Å². The summed E-state index contributed by atoms with van der Waals surface area (Å²) in [4.78, 5) is 9.99. The molecule has 3 heterocycles. The first-order valence-corrected chi connectivity index (χ1v) is 11.1. The molecule has 29 heavy (non-hydrogen) atoms. The van der Waals surface area contributed by atoms with Crippen molar-refractivity contribution in [2.45, 2.75) is 38.5 Å². The van der Waals surface area contributed by atoms with Crippen molar-refractivity contribution in [1.29, 1.82) is 0 Å². The molecule has 2 aromatic heterocycles. The summed E-state index contributed by atoms with van der Waals surface area (Å²) in [6.45, 7) is 8.85. The quantitative estimate of drug-likeness (QED) is 0.217. The van der Waals surface area contributed by atoms with Crippen LogP contribution < -0.4 is 0 Å². The molecule has 5 rings (SSSR count). The van der Waals surface area contributed by atoms with E-state index >= 15 is 0 Å². The van der Waals surface area contributed by atoms with E-state index in [4.69, 9.17) is 9.97 Å². The predicted octanol–water partition coefficient (Wildman–Crippen LogP) is 6.50. The summed E-state index contributed by atoms with van der Waals surface area (Å²) in [5.74, 6) is 0. The topological polar surface area (TPSA) is 25.8 Å². The molecule has 5 heteroatoms. The van der Waals surface area contributed by atoms with Crippen molar-refractivity contribution in [3.8, 4) is 21.1 Å². The van der Waals surface area contributed by atoms with E-state index in [9.17, 15) is 0 Å². The molecule has 0 fully saturated rings. The third-order valence-electron chi connectivity index (χ3n) is 5.69. The molecule has 0 unspecified atom stereocenters. The number of aromatic nitrogens is 2. The van der Waals surface area contributed by atoms with Crippen molar-refractivity contribution >= 4 is 22.7 Å². The van der Waals surface area contributed by atoms with Crippen LogP contribution in [0.25, 0.3) is 21.1 Å². The molecule has 0 radical (unpaired) electrons. The Labute approximate surface area is 194 Å². The molecule has 2 nitrogen and oxygen atoms in total. The zero-order valence-electron chi connectivity index (χ0n) is 16.6. The minimum atomic E-state index is -0.230. The van der Waals surface area contributed by atoms with Crippen molar-refractivity contribution in [2.75, 3.05) is 0 Å². The molecule has 2 aromatic carbocycles. The second-order valence-electron chi connectivity index (χ2n) is 8.28. The van der Waals surface area contributed by atoms with E-state index in [2.05, 4.69) is 87.0 Å². The van der Waals surface area contributed by atoms with Crippen LogP contribution >= 0.6 is 22.7 Å². The number of rotatable bonds is 0. The fourth-order valence-electron chi connectivity index (χ4n) is 3.56. The average Bonchev–Trinajstić information content (AvgIpc) is 3.38. The number of hydrogen-bond acceptors (Lipinski definition) is 4. The van der Waals surface area contributed by atoms with Gasteiger partial charge in [0.15, 0.2) is 0 Å². The number of thiazole rings is 2. The summed E-state index contributed by atoms with van der Waals surface area (Å²) >= 11 is 3.37. The fourth-order valence-corrected chi connectivity index (χ4v) is 5.50. The molecule has 0 amide bonds. The number of nitrogens with zero attached hydrogens (tertiary/aromatic N) is 2. The molecular formula is C24H20N2PtS2. The third kappa shape index (κ3) is 3.36. The van der Waals surface area contributed by atoms with Crippen LogP contribution in [0.15, 0.2) is 47.2 Å². The number of fused-ring (bicyclic) bond motifs is 10. The van der Waals surface area contributed by atoms with E-state index in [1.165, 1.54) is 0 Å². The Bertz CT molecular complexity index is 1090. The smallest absolute Gasteiger partial charge is 0.289 e. The summed E-state index contributed by atoms with van der Waals surface area (Å²) in [5.41, 5.74) is 6.02. The molecule has 148 valence electrons. The van der Waals surface area contributed by atoms with Crippen LogP contribution in [0.4, 0.5) is 0 Å². The van der Waals surface area contributed by atoms with Gasteiger partial charge in [-0.25, -0.2) is 0 Å². The molecular weight excluding hydrogens is 575 g/mol. The van der Waals surface area contributed by atoms with Gasteiger partial charge in [-0.05, 0) is 0 Å². The molecule has 4 aromatic rings. The van der Waals surface area contributed by atoms with Crippen LogP contribution in [-0.4, -0.2) is 9.97 Å². The van der Waals surface area contributed by atoms with E-state index in [0.717, 1.165) is 43.7 Å². The van der Waals surface area contributed by atoms with Gasteiger partial charge in [0.25, 0.3) is 0 Å². The SMILES string of the molecule is CC1(C)c2[c-]c(ccc2)-c2nc(cs2)C(C)(C)c2[c-]c(ccc2)-c2nc1cs2.[Pt+2]. The Morgan fingerprint density at radius 2 is 1.10 bits per heavy atom. The van der Waals surface area contributed by atoms with Crippen LogP contribution in [0.5, 0.6) is 0 Å². The molecule has 0 atom stereocenters. The first-order valence-electron chi connectivity index (χ1n) is 9.34. The molecule has 8 bridgehead atoms. The van der Waals surface area contributed by atoms with Gasteiger partial charge in [-0.15, -0.1) is 70.8 Å². The van der Waals surface area contributed by atoms with Gasteiger partial charge in [0.1, 0.15) is 0 Å². The summed E-state index contributed by atoms with van der Waals surface area (Å²) in [7, 11) is 0. The largest absolute Gasteiger partial charge is 2.00 e.